The minimum Gasteiger partial charge on any atom is -0.481 e. The van der Waals surface area contributed by atoms with Gasteiger partial charge in [-0.3, -0.25) is 4.79 Å². The molecule has 78 valence electrons. The van der Waals surface area contributed by atoms with Gasteiger partial charge in [-0.05, 0) is 19.3 Å². The largest absolute Gasteiger partial charge is 0.481 e. The van der Waals surface area contributed by atoms with Crippen molar-refractivity contribution in [1.82, 2.24) is 0 Å². The van der Waals surface area contributed by atoms with Gasteiger partial charge in [0.2, 0.25) is 0 Å². The molecule has 0 heterocycles. The number of carboxylic acid groups (broad SMARTS) is 1. The van der Waals surface area contributed by atoms with E-state index in [2.05, 4.69) is 6.92 Å². The van der Waals surface area contributed by atoms with Gasteiger partial charge >= 0.3 is 5.97 Å². The van der Waals surface area contributed by atoms with Crippen molar-refractivity contribution in [3.05, 3.63) is 0 Å². The van der Waals surface area contributed by atoms with E-state index in [0.29, 0.717) is 19.6 Å². The van der Waals surface area contributed by atoms with Gasteiger partial charge in [0.05, 0.1) is 13.2 Å². The molecule has 0 bridgehead atoms. The highest BCUT2D eigenvalue weighted by Gasteiger charge is 1.96. The van der Waals surface area contributed by atoms with Gasteiger partial charge in [0.1, 0.15) is 0 Å². The van der Waals surface area contributed by atoms with Gasteiger partial charge in [-0.25, -0.2) is 9.78 Å². The molecule has 0 saturated heterocycles. The predicted molar refractivity (Wildman–Crippen MR) is 48.3 cm³/mol. The third kappa shape index (κ3) is 11.4. The van der Waals surface area contributed by atoms with Gasteiger partial charge in [-0.1, -0.05) is 13.3 Å². The Morgan fingerprint density at radius 2 is 1.77 bits per heavy atom. The average molecular weight is 190 g/mol. The van der Waals surface area contributed by atoms with E-state index in [1.807, 2.05) is 0 Å². The highest BCUT2D eigenvalue weighted by atomic mass is 17.2. The highest BCUT2D eigenvalue weighted by Crippen LogP contribution is 1.96. The van der Waals surface area contributed by atoms with Crippen LogP contribution in [0.4, 0.5) is 0 Å². The van der Waals surface area contributed by atoms with Crippen molar-refractivity contribution < 1.29 is 19.7 Å². The lowest BCUT2D eigenvalue weighted by Crippen LogP contribution is -2.00. The van der Waals surface area contributed by atoms with E-state index in [1.54, 1.807) is 0 Å². The lowest BCUT2D eigenvalue weighted by atomic mass is 10.2. The molecule has 0 unspecified atom stereocenters. The molecular formula is C9H18O4. The highest BCUT2D eigenvalue weighted by molar-refractivity contribution is 5.66. The third-order valence-corrected chi connectivity index (χ3v) is 1.53. The lowest BCUT2D eigenvalue weighted by Gasteiger charge is -2.01. The first kappa shape index (κ1) is 12.4. The van der Waals surface area contributed by atoms with Crippen LogP contribution in [0.1, 0.15) is 39.0 Å². The SMILES string of the molecule is CCCCOOCCCCC(=O)O. The maximum absolute atomic E-state index is 10.1. The van der Waals surface area contributed by atoms with Crippen molar-refractivity contribution >= 4 is 5.97 Å². The molecular weight excluding hydrogens is 172 g/mol. The Kier molecular flexibility index (Phi) is 9.03. The summed E-state index contributed by atoms with van der Waals surface area (Å²) >= 11 is 0. The quantitative estimate of drug-likeness (QED) is 0.343. The summed E-state index contributed by atoms with van der Waals surface area (Å²) < 4.78 is 0. The minimum atomic E-state index is -0.757. The zero-order valence-electron chi connectivity index (χ0n) is 8.12. The van der Waals surface area contributed by atoms with Gasteiger partial charge in [-0.2, -0.15) is 0 Å². The van der Waals surface area contributed by atoms with Crippen LogP contribution >= 0.6 is 0 Å². The summed E-state index contributed by atoms with van der Waals surface area (Å²) in [6, 6.07) is 0. The Morgan fingerprint density at radius 3 is 2.31 bits per heavy atom. The molecule has 0 rings (SSSR count). The summed E-state index contributed by atoms with van der Waals surface area (Å²) in [5, 5.41) is 8.31. The summed E-state index contributed by atoms with van der Waals surface area (Å²) in [6.07, 6.45) is 3.67. The topological polar surface area (TPSA) is 55.8 Å². The number of carboxylic acids is 1. The average Bonchev–Trinajstić information content (AvgIpc) is 2.09. The van der Waals surface area contributed by atoms with Crippen LogP contribution in [-0.2, 0) is 14.6 Å². The van der Waals surface area contributed by atoms with E-state index in [1.165, 1.54) is 0 Å². The summed E-state index contributed by atoms with van der Waals surface area (Å²) in [6.45, 7) is 3.18. The molecule has 1 N–H and O–H groups in total. The standard InChI is InChI=1S/C9H18O4/c1-2-3-7-12-13-8-5-4-6-9(10)11/h2-8H2,1H3,(H,10,11). The second kappa shape index (κ2) is 9.48. The Labute approximate surface area is 78.8 Å². The molecule has 0 saturated carbocycles. The zero-order valence-corrected chi connectivity index (χ0v) is 8.12. The van der Waals surface area contributed by atoms with Crippen LogP contribution in [0.5, 0.6) is 0 Å². The van der Waals surface area contributed by atoms with Crippen LogP contribution in [0, 0.1) is 0 Å². The fourth-order valence-corrected chi connectivity index (χ4v) is 0.758. The Hall–Kier alpha value is -0.610. The summed E-state index contributed by atoms with van der Waals surface area (Å²) in [7, 11) is 0. The van der Waals surface area contributed by atoms with Crippen LogP contribution in [0.2, 0.25) is 0 Å². The third-order valence-electron chi connectivity index (χ3n) is 1.53. The van der Waals surface area contributed by atoms with Crippen LogP contribution in [0.15, 0.2) is 0 Å². The van der Waals surface area contributed by atoms with Gasteiger partial charge in [0.15, 0.2) is 0 Å². The lowest BCUT2D eigenvalue weighted by molar-refractivity contribution is -0.295. The first-order valence-corrected chi connectivity index (χ1v) is 4.73. The molecule has 0 aromatic heterocycles. The first-order valence-electron chi connectivity index (χ1n) is 4.73. The maximum atomic E-state index is 10.1. The van der Waals surface area contributed by atoms with E-state index in [-0.39, 0.29) is 6.42 Å². The maximum Gasteiger partial charge on any atom is 0.303 e. The van der Waals surface area contributed by atoms with Crippen LogP contribution in [0.25, 0.3) is 0 Å². The second-order valence-electron chi connectivity index (χ2n) is 2.85. The number of carbonyl (C=O) groups is 1. The van der Waals surface area contributed by atoms with Crippen LogP contribution in [0.3, 0.4) is 0 Å². The second-order valence-corrected chi connectivity index (χ2v) is 2.85. The van der Waals surface area contributed by atoms with Crippen molar-refractivity contribution in [2.45, 2.75) is 39.0 Å². The number of hydrogen-bond donors (Lipinski definition) is 1. The monoisotopic (exact) mass is 190 g/mol. The molecule has 0 fully saturated rings. The number of hydrogen-bond acceptors (Lipinski definition) is 3. The minimum absolute atomic E-state index is 0.207. The van der Waals surface area contributed by atoms with Crippen molar-refractivity contribution in [2.75, 3.05) is 13.2 Å². The van der Waals surface area contributed by atoms with E-state index in [0.717, 1.165) is 19.3 Å². The molecule has 0 spiro atoms. The molecule has 0 amide bonds. The van der Waals surface area contributed by atoms with Gasteiger partial charge in [0, 0.05) is 6.42 Å². The Balaban J connectivity index is 2.87. The van der Waals surface area contributed by atoms with E-state index >= 15 is 0 Å². The summed E-state index contributed by atoms with van der Waals surface area (Å²) in [5.74, 6) is -0.757. The molecule has 0 aromatic carbocycles. The predicted octanol–water partition coefficient (Wildman–Crippen LogP) is 1.99. The number of aliphatic carboxylic acids is 1. The van der Waals surface area contributed by atoms with Crippen molar-refractivity contribution in [2.24, 2.45) is 0 Å². The van der Waals surface area contributed by atoms with Crippen molar-refractivity contribution in [3.63, 3.8) is 0 Å². The fourth-order valence-electron chi connectivity index (χ4n) is 0.758. The van der Waals surface area contributed by atoms with Gasteiger partial charge < -0.3 is 5.11 Å². The van der Waals surface area contributed by atoms with Crippen molar-refractivity contribution in [1.29, 1.82) is 0 Å². The summed E-state index contributed by atoms with van der Waals surface area (Å²) in [4.78, 5) is 19.8. The van der Waals surface area contributed by atoms with E-state index < -0.39 is 5.97 Å². The fraction of sp³-hybridized carbons (Fsp3) is 0.889. The number of rotatable bonds is 9. The molecule has 4 nitrogen and oxygen atoms in total. The van der Waals surface area contributed by atoms with Crippen LogP contribution in [-0.4, -0.2) is 24.3 Å². The first-order chi connectivity index (χ1) is 6.27. The van der Waals surface area contributed by atoms with Gasteiger partial charge in [0.25, 0.3) is 0 Å². The normalized spacial score (nSPS) is 10.2. The molecule has 0 atom stereocenters. The number of unbranched alkanes of at least 4 members (excludes halogenated alkanes) is 2. The molecule has 0 radical (unpaired) electrons. The van der Waals surface area contributed by atoms with Crippen molar-refractivity contribution in [3.8, 4) is 0 Å². The molecule has 0 aliphatic heterocycles. The molecule has 13 heavy (non-hydrogen) atoms. The molecule has 0 aliphatic rings. The Morgan fingerprint density at radius 1 is 1.15 bits per heavy atom. The van der Waals surface area contributed by atoms with Gasteiger partial charge in [-0.15, -0.1) is 0 Å². The summed E-state index contributed by atoms with van der Waals surface area (Å²) in [5.41, 5.74) is 0. The molecule has 4 heteroatoms. The van der Waals surface area contributed by atoms with E-state index in [4.69, 9.17) is 14.9 Å². The molecule has 0 aliphatic carbocycles. The smallest absolute Gasteiger partial charge is 0.303 e. The Bertz CT molecular complexity index is 125. The van der Waals surface area contributed by atoms with E-state index in [9.17, 15) is 4.79 Å². The zero-order chi connectivity index (χ0) is 9.94. The molecule has 0 aromatic rings. The van der Waals surface area contributed by atoms with Crippen LogP contribution < -0.4 is 0 Å².